The van der Waals surface area contributed by atoms with Crippen LogP contribution in [0.2, 0.25) is 0 Å². The zero-order valence-electron chi connectivity index (χ0n) is 15.1. The van der Waals surface area contributed by atoms with Crippen LogP contribution in [0.15, 0.2) is 29.3 Å². The number of Topliss-reactive ketones (excluding diaryl/α,β-unsaturated/α-hetero) is 1. The minimum Gasteiger partial charge on any atom is -0.496 e. The van der Waals surface area contributed by atoms with Crippen molar-refractivity contribution >= 4 is 27.3 Å². The number of ketones is 1. The third-order valence-corrected chi connectivity index (χ3v) is 6.22. The van der Waals surface area contributed by atoms with Crippen molar-refractivity contribution in [2.45, 2.75) is 32.7 Å². The molecular weight excluding hydrogens is 367 g/mol. The second kappa shape index (κ2) is 6.88. The molecule has 0 spiro atoms. The van der Waals surface area contributed by atoms with Crippen molar-refractivity contribution in [2.24, 2.45) is 5.92 Å². The van der Waals surface area contributed by atoms with Gasteiger partial charge in [-0.1, -0.05) is 6.92 Å². The molecule has 2 heterocycles. The van der Waals surface area contributed by atoms with Gasteiger partial charge in [0.2, 0.25) is 0 Å². The van der Waals surface area contributed by atoms with E-state index in [9.17, 15) is 14.0 Å². The first-order valence-corrected chi connectivity index (χ1v) is 9.66. The number of hydrogen-bond acceptors (Lipinski definition) is 5. The Labute approximate surface area is 159 Å². The number of thiophene rings is 1. The van der Waals surface area contributed by atoms with Gasteiger partial charge in [0.25, 0.3) is 5.56 Å². The van der Waals surface area contributed by atoms with Crippen LogP contribution in [-0.2, 0) is 19.4 Å². The Morgan fingerprint density at radius 3 is 3.04 bits per heavy atom. The van der Waals surface area contributed by atoms with Crippen molar-refractivity contribution in [1.82, 2.24) is 9.55 Å². The molecule has 1 atom stereocenters. The fourth-order valence-corrected chi connectivity index (χ4v) is 4.96. The topological polar surface area (TPSA) is 61.2 Å². The summed E-state index contributed by atoms with van der Waals surface area (Å²) in [7, 11) is 1.42. The highest BCUT2D eigenvalue weighted by atomic mass is 32.1. The average Bonchev–Trinajstić information content (AvgIpc) is 3.02. The Hall–Kier alpha value is -2.54. The number of fused-ring (bicyclic) bond motifs is 3. The molecule has 0 saturated carbocycles. The van der Waals surface area contributed by atoms with Crippen molar-refractivity contribution in [3.63, 3.8) is 0 Å². The first kappa shape index (κ1) is 17.9. The van der Waals surface area contributed by atoms with Crippen molar-refractivity contribution < 1.29 is 13.9 Å². The first-order chi connectivity index (χ1) is 13.0. The molecule has 5 nitrogen and oxygen atoms in total. The number of aromatic nitrogens is 2. The van der Waals surface area contributed by atoms with Crippen molar-refractivity contribution in [1.29, 1.82) is 0 Å². The van der Waals surface area contributed by atoms with Crippen molar-refractivity contribution in [3.05, 3.63) is 56.7 Å². The van der Waals surface area contributed by atoms with Gasteiger partial charge >= 0.3 is 0 Å². The number of rotatable bonds is 4. The highest BCUT2D eigenvalue weighted by Crippen LogP contribution is 2.35. The van der Waals surface area contributed by atoms with Crippen LogP contribution in [0, 0.1) is 11.7 Å². The van der Waals surface area contributed by atoms with E-state index < -0.39 is 11.6 Å². The Bertz CT molecular complexity index is 1100. The van der Waals surface area contributed by atoms with Gasteiger partial charge in [-0.15, -0.1) is 11.3 Å². The molecule has 1 aliphatic carbocycles. The standard InChI is InChI=1S/C20H19FN2O3S/c1-11-3-5-13-17(7-11)27-19-18(13)20(25)23(10-22-19)9-15(24)14-8-12(21)4-6-16(14)26-2/h4,6,8,10-11H,3,5,7,9H2,1-2H3/t11-/m0/s1. The van der Waals surface area contributed by atoms with E-state index in [1.807, 2.05) is 0 Å². The van der Waals surface area contributed by atoms with Crippen molar-refractivity contribution in [2.75, 3.05) is 7.11 Å². The predicted octanol–water partition coefficient (Wildman–Crippen LogP) is 3.61. The highest BCUT2D eigenvalue weighted by Gasteiger charge is 2.24. The molecule has 0 fully saturated rings. The fraction of sp³-hybridized carbons (Fsp3) is 0.350. The number of methoxy groups -OCH3 is 1. The lowest BCUT2D eigenvalue weighted by Crippen LogP contribution is -2.25. The number of carbonyl (C=O) groups excluding carboxylic acids is 1. The SMILES string of the molecule is COc1ccc(F)cc1C(=O)Cn1cnc2sc3c(c2c1=O)CC[C@H](C)C3. The highest BCUT2D eigenvalue weighted by molar-refractivity contribution is 7.18. The second-order valence-electron chi connectivity index (χ2n) is 6.98. The maximum Gasteiger partial charge on any atom is 0.262 e. The third-order valence-electron chi connectivity index (χ3n) is 5.06. The molecule has 0 bridgehead atoms. The maximum atomic E-state index is 13.6. The van der Waals surface area contributed by atoms with E-state index >= 15 is 0 Å². The quantitative estimate of drug-likeness (QED) is 0.643. The Balaban J connectivity index is 1.73. The molecule has 4 rings (SSSR count). The van der Waals surface area contributed by atoms with E-state index in [2.05, 4.69) is 11.9 Å². The molecule has 3 aromatic rings. The summed E-state index contributed by atoms with van der Waals surface area (Å²) in [6.07, 6.45) is 4.28. The zero-order chi connectivity index (χ0) is 19.1. The second-order valence-corrected chi connectivity index (χ2v) is 8.06. The largest absolute Gasteiger partial charge is 0.496 e. The van der Waals surface area contributed by atoms with Gasteiger partial charge in [-0.25, -0.2) is 9.37 Å². The normalized spacial score (nSPS) is 16.3. The van der Waals surface area contributed by atoms with Gasteiger partial charge in [-0.05, 0) is 48.9 Å². The number of carbonyl (C=O) groups is 1. The van der Waals surface area contributed by atoms with E-state index in [-0.39, 0.29) is 23.4 Å². The lowest BCUT2D eigenvalue weighted by atomic mass is 9.89. The van der Waals surface area contributed by atoms with Gasteiger partial charge in [0.05, 0.1) is 30.9 Å². The van der Waals surface area contributed by atoms with Crippen LogP contribution >= 0.6 is 11.3 Å². The molecule has 27 heavy (non-hydrogen) atoms. The van der Waals surface area contributed by atoms with Crippen LogP contribution in [-0.4, -0.2) is 22.4 Å². The summed E-state index contributed by atoms with van der Waals surface area (Å²) in [5.74, 6) is -0.0337. The minimum atomic E-state index is -0.527. The summed E-state index contributed by atoms with van der Waals surface area (Å²) >= 11 is 1.57. The summed E-state index contributed by atoms with van der Waals surface area (Å²) in [5.41, 5.74) is 0.983. The van der Waals surface area contributed by atoms with Gasteiger partial charge in [-0.3, -0.25) is 14.2 Å². The summed E-state index contributed by atoms with van der Waals surface area (Å²) in [4.78, 5) is 32.0. The summed E-state index contributed by atoms with van der Waals surface area (Å²) < 4.78 is 20.0. The Morgan fingerprint density at radius 2 is 2.26 bits per heavy atom. The van der Waals surface area contributed by atoms with Gasteiger partial charge < -0.3 is 4.74 Å². The molecule has 7 heteroatoms. The number of ether oxygens (including phenoxy) is 1. The molecule has 0 unspecified atom stereocenters. The monoisotopic (exact) mass is 386 g/mol. The summed E-state index contributed by atoms with van der Waals surface area (Å²) in [5, 5.41) is 0.628. The average molecular weight is 386 g/mol. The molecule has 0 saturated heterocycles. The van der Waals surface area contributed by atoms with Gasteiger partial charge in [-0.2, -0.15) is 0 Å². The number of hydrogen-bond donors (Lipinski definition) is 0. The van der Waals surface area contributed by atoms with Gasteiger partial charge in [0, 0.05) is 4.88 Å². The molecule has 0 radical (unpaired) electrons. The molecular formula is C20H19FN2O3S. The lowest BCUT2D eigenvalue weighted by molar-refractivity contribution is 0.0967. The molecule has 140 valence electrons. The van der Waals surface area contributed by atoms with E-state index in [0.29, 0.717) is 11.3 Å². The fourth-order valence-electron chi connectivity index (χ4n) is 3.62. The molecule has 0 amide bonds. The van der Waals surface area contributed by atoms with Crippen LogP contribution in [0.3, 0.4) is 0 Å². The maximum absolute atomic E-state index is 13.6. The smallest absolute Gasteiger partial charge is 0.262 e. The van der Waals surface area contributed by atoms with Crippen LogP contribution in [0.1, 0.15) is 34.1 Å². The Morgan fingerprint density at radius 1 is 1.44 bits per heavy atom. The summed E-state index contributed by atoms with van der Waals surface area (Å²) in [6.45, 7) is 2.01. The molecule has 0 aliphatic heterocycles. The van der Waals surface area contributed by atoms with Crippen molar-refractivity contribution in [3.8, 4) is 5.75 Å². The number of halogens is 1. The van der Waals surface area contributed by atoms with E-state index in [0.717, 1.165) is 35.7 Å². The van der Waals surface area contributed by atoms with Crippen LogP contribution in [0.5, 0.6) is 5.75 Å². The van der Waals surface area contributed by atoms with Crippen LogP contribution in [0.25, 0.3) is 10.2 Å². The minimum absolute atomic E-state index is 0.116. The van der Waals surface area contributed by atoms with Crippen LogP contribution in [0.4, 0.5) is 4.39 Å². The number of aryl methyl sites for hydroxylation is 1. The van der Waals surface area contributed by atoms with Crippen LogP contribution < -0.4 is 10.3 Å². The van der Waals surface area contributed by atoms with E-state index in [1.54, 1.807) is 11.3 Å². The number of nitrogens with zero attached hydrogens (tertiary/aromatic N) is 2. The summed E-state index contributed by atoms with van der Waals surface area (Å²) in [6, 6.07) is 3.77. The van der Waals surface area contributed by atoms with Gasteiger partial charge in [0.15, 0.2) is 5.78 Å². The van der Waals surface area contributed by atoms with E-state index in [4.69, 9.17) is 4.74 Å². The first-order valence-electron chi connectivity index (χ1n) is 8.84. The van der Waals surface area contributed by atoms with Gasteiger partial charge in [0.1, 0.15) is 16.4 Å². The Kier molecular flexibility index (Phi) is 4.55. The van der Waals surface area contributed by atoms with E-state index in [1.165, 1.54) is 35.0 Å². The third kappa shape index (κ3) is 3.16. The zero-order valence-corrected chi connectivity index (χ0v) is 15.9. The molecule has 2 aromatic heterocycles. The molecule has 1 aromatic carbocycles. The predicted molar refractivity (Wildman–Crippen MR) is 102 cm³/mol. The number of benzene rings is 1. The lowest BCUT2D eigenvalue weighted by Gasteiger charge is -2.17. The molecule has 0 N–H and O–H groups in total. The molecule has 1 aliphatic rings.